The lowest BCUT2D eigenvalue weighted by molar-refractivity contribution is -0.117. The molecule has 2 aromatic heterocycles. The highest BCUT2D eigenvalue weighted by Gasteiger charge is 2.36. The Kier molecular flexibility index (Phi) is 5.13. The average Bonchev–Trinajstić information content (AvgIpc) is 3.26. The molecule has 1 N–H and O–H groups in total. The van der Waals surface area contributed by atoms with Crippen molar-refractivity contribution in [1.29, 1.82) is 5.26 Å². The number of para-hydroxylation sites is 2. The minimum Gasteiger partial charge on any atom is -0.488 e. The summed E-state index contributed by atoms with van der Waals surface area (Å²) in [7, 11) is 0. The standard InChI is InChI=1S/C25H17N5O3/c26-13-19(25(32)28-16-7-6-12-27-14-16)24(31)22-20-15-33-21-11-5-4-10-18(21)23(20)30(29-22)17-8-2-1-3-9-17/h1-12,14,19H,15H2,(H,28,32). The summed E-state index contributed by atoms with van der Waals surface area (Å²) in [6, 6.07) is 21.9. The number of ether oxygens (including phenoxy) is 1. The lowest BCUT2D eigenvalue weighted by Crippen LogP contribution is -2.29. The second-order valence-electron chi connectivity index (χ2n) is 7.37. The molecule has 0 saturated carbocycles. The first-order valence-electron chi connectivity index (χ1n) is 10.2. The van der Waals surface area contributed by atoms with Crippen molar-refractivity contribution >= 4 is 17.4 Å². The molecule has 0 spiro atoms. The van der Waals surface area contributed by atoms with Crippen LogP contribution in [0.1, 0.15) is 16.1 Å². The van der Waals surface area contributed by atoms with Gasteiger partial charge in [-0.25, -0.2) is 4.68 Å². The largest absolute Gasteiger partial charge is 0.488 e. The first kappa shape index (κ1) is 20.2. The number of nitrogens with zero attached hydrogens (tertiary/aromatic N) is 4. The molecule has 0 aliphatic carbocycles. The molecular formula is C25H17N5O3. The molecule has 1 atom stereocenters. The van der Waals surface area contributed by atoms with E-state index in [1.807, 2.05) is 60.7 Å². The minimum atomic E-state index is -1.58. The van der Waals surface area contributed by atoms with Crippen LogP contribution in [-0.2, 0) is 11.4 Å². The summed E-state index contributed by atoms with van der Waals surface area (Å²) in [5.41, 5.74) is 3.20. The number of benzene rings is 2. The highest BCUT2D eigenvalue weighted by atomic mass is 16.5. The maximum atomic E-state index is 13.4. The van der Waals surface area contributed by atoms with E-state index in [1.54, 1.807) is 23.0 Å². The predicted octanol–water partition coefficient (Wildman–Crippen LogP) is 3.79. The van der Waals surface area contributed by atoms with Gasteiger partial charge in [0.2, 0.25) is 11.7 Å². The molecule has 1 amide bonds. The first-order chi connectivity index (χ1) is 16.2. The summed E-state index contributed by atoms with van der Waals surface area (Å²) in [5, 5.41) is 16.8. The number of pyridine rings is 1. The molecule has 1 unspecified atom stereocenters. The van der Waals surface area contributed by atoms with Gasteiger partial charge in [0.05, 0.1) is 29.3 Å². The molecule has 1 aliphatic rings. The maximum absolute atomic E-state index is 13.4. The van der Waals surface area contributed by atoms with E-state index in [0.717, 1.165) is 11.3 Å². The Morgan fingerprint density at radius 2 is 1.85 bits per heavy atom. The van der Waals surface area contributed by atoms with Crippen LogP contribution in [0.5, 0.6) is 5.75 Å². The van der Waals surface area contributed by atoms with Gasteiger partial charge in [-0.15, -0.1) is 0 Å². The number of nitrogens with one attached hydrogen (secondary N) is 1. The van der Waals surface area contributed by atoms with Crippen LogP contribution in [0, 0.1) is 17.2 Å². The van der Waals surface area contributed by atoms with Crippen molar-refractivity contribution in [2.24, 2.45) is 5.92 Å². The molecule has 160 valence electrons. The number of nitriles is 1. The second-order valence-corrected chi connectivity index (χ2v) is 7.37. The van der Waals surface area contributed by atoms with Gasteiger partial charge in [-0.1, -0.05) is 30.3 Å². The number of ketones is 1. The number of Topliss-reactive ketones (excluding diaryl/α,β-unsaturated/α-hetero) is 1. The van der Waals surface area contributed by atoms with Crippen LogP contribution >= 0.6 is 0 Å². The zero-order valence-corrected chi connectivity index (χ0v) is 17.3. The zero-order valence-electron chi connectivity index (χ0n) is 17.3. The monoisotopic (exact) mass is 435 g/mol. The van der Waals surface area contributed by atoms with Crippen LogP contribution in [0.25, 0.3) is 16.9 Å². The molecule has 33 heavy (non-hydrogen) atoms. The van der Waals surface area contributed by atoms with Gasteiger partial charge in [-0.2, -0.15) is 10.4 Å². The number of carbonyl (C=O) groups is 2. The highest BCUT2D eigenvalue weighted by molar-refractivity contribution is 6.15. The van der Waals surface area contributed by atoms with E-state index in [1.165, 1.54) is 6.20 Å². The van der Waals surface area contributed by atoms with Crippen molar-refractivity contribution in [1.82, 2.24) is 14.8 Å². The van der Waals surface area contributed by atoms with Crippen LogP contribution in [0.3, 0.4) is 0 Å². The Balaban J connectivity index is 1.59. The summed E-state index contributed by atoms with van der Waals surface area (Å²) >= 11 is 0. The Bertz CT molecular complexity index is 1390. The molecule has 2 aromatic carbocycles. The van der Waals surface area contributed by atoms with E-state index in [0.29, 0.717) is 22.7 Å². The summed E-state index contributed by atoms with van der Waals surface area (Å²) in [4.78, 5) is 30.1. The molecule has 5 rings (SSSR count). The molecule has 1 aliphatic heterocycles. The number of anilines is 1. The van der Waals surface area contributed by atoms with Gasteiger partial charge >= 0.3 is 0 Å². The van der Waals surface area contributed by atoms with E-state index < -0.39 is 17.6 Å². The summed E-state index contributed by atoms with van der Waals surface area (Å²) < 4.78 is 7.53. The third-order valence-corrected chi connectivity index (χ3v) is 5.31. The molecule has 0 bridgehead atoms. The topological polar surface area (TPSA) is 110 Å². The first-order valence-corrected chi connectivity index (χ1v) is 10.2. The van der Waals surface area contributed by atoms with E-state index in [9.17, 15) is 14.9 Å². The van der Waals surface area contributed by atoms with Gasteiger partial charge in [0.1, 0.15) is 18.1 Å². The number of carbonyl (C=O) groups excluding carboxylic acids is 2. The van der Waals surface area contributed by atoms with E-state index in [2.05, 4.69) is 15.4 Å². The Morgan fingerprint density at radius 3 is 2.61 bits per heavy atom. The number of aromatic nitrogens is 3. The number of amides is 1. The van der Waals surface area contributed by atoms with Gasteiger partial charge < -0.3 is 10.1 Å². The summed E-state index contributed by atoms with van der Waals surface area (Å²) in [5.74, 6) is -2.33. The normalized spacial score (nSPS) is 12.5. The van der Waals surface area contributed by atoms with Crippen LogP contribution < -0.4 is 10.1 Å². The van der Waals surface area contributed by atoms with Gasteiger partial charge in [-0.05, 0) is 36.4 Å². The molecular weight excluding hydrogens is 418 g/mol. The van der Waals surface area contributed by atoms with Crippen molar-refractivity contribution in [3.05, 3.63) is 90.4 Å². The Hall–Kier alpha value is -4.77. The SMILES string of the molecule is N#CC(C(=O)Nc1cccnc1)C(=O)c1nn(-c2ccccc2)c2c1COc1ccccc1-2. The number of hydrogen-bond acceptors (Lipinski definition) is 6. The van der Waals surface area contributed by atoms with Crippen LogP contribution in [0.15, 0.2) is 79.1 Å². The maximum Gasteiger partial charge on any atom is 0.249 e. The van der Waals surface area contributed by atoms with E-state index in [4.69, 9.17) is 4.74 Å². The van der Waals surface area contributed by atoms with Crippen molar-refractivity contribution < 1.29 is 14.3 Å². The lowest BCUT2D eigenvalue weighted by Gasteiger charge is -2.19. The van der Waals surface area contributed by atoms with Gasteiger partial charge in [0, 0.05) is 17.3 Å². The van der Waals surface area contributed by atoms with Crippen molar-refractivity contribution in [2.45, 2.75) is 6.61 Å². The lowest BCUT2D eigenvalue weighted by atomic mass is 9.96. The van der Waals surface area contributed by atoms with Crippen LogP contribution in [-0.4, -0.2) is 26.5 Å². The predicted molar refractivity (Wildman–Crippen MR) is 120 cm³/mol. The van der Waals surface area contributed by atoms with Crippen molar-refractivity contribution in [3.8, 4) is 28.8 Å². The van der Waals surface area contributed by atoms with Gasteiger partial charge in [-0.3, -0.25) is 14.6 Å². The summed E-state index contributed by atoms with van der Waals surface area (Å²) in [6.45, 7) is 0.0998. The van der Waals surface area contributed by atoms with Crippen molar-refractivity contribution in [2.75, 3.05) is 5.32 Å². The number of rotatable bonds is 5. The third-order valence-electron chi connectivity index (χ3n) is 5.31. The fraction of sp³-hybridized carbons (Fsp3) is 0.0800. The van der Waals surface area contributed by atoms with Crippen molar-refractivity contribution in [3.63, 3.8) is 0 Å². The van der Waals surface area contributed by atoms with Crippen LogP contribution in [0.4, 0.5) is 5.69 Å². The van der Waals surface area contributed by atoms with E-state index in [-0.39, 0.29) is 12.3 Å². The molecule has 4 aromatic rings. The van der Waals surface area contributed by atoms with E-state index >= 15 is 0 Å². The molecule has 8 nitrogen and oxygen atoms in total. The highest BCUT2D eigenvalue weighted by Crippen LogP contribution is 2.40. The molecule has 3 heterocycles. The number of fused-ring (bicyclic) bond motifs is 3. The third kappa shape index (κ3) is 3.62. The zero-order chi connectivity index (χ0) is 22.8. The van der Waals surface area contributed by atoms with Crippen LogP contribution in [0.2, 0.25) is 0 Å². The summed E-state index contributed by atoms with van der Waals surface area (Å²) in [6.07, 6.45) is 3.00. The molecule has 0 fully saturated rings. The van der Waals surface area contributed by atoms with Gasteiger partial charge in [0.25, 0.3) is 0 Å². The minimum absolute atomic E-state index is 0.0382. The molecule has 8 heteroatoms. The smallest absolute Gasteiger partial charge is 0.249 e. The fourth-order valence-corrected chi connectivity index (χ4v) is 3.78. The Morgan fingerprint density at radius 1 is 1.06 bits per heavy atom. The average molecular weight is 435 g/mol. The number of hydrogen-bond donors (Lipinski definition) is 1. The molecule has 0 radical (unpaired) electrons. The quantitative estimate of drug-likeness (QED) is 0.377. The van der Waals surface area contributed by atoms with Gasteiger partial charge in [0.15, 0.2) is 5.92 Å². The molecule has 0 saturated heterocycles. The fourth-order valence-electron chi connectivity index (χ4n) is 3.78. The Labute approximate surface area is 189 Å². The second kappa shape index (κ2) is 8.40.